The highest BCUT2D eigenvalue weighted by atomic mass is 32.1. The van der Waals surface area contributed by atoms with Crippen molar-refractivity contribution in [2.24, 2.45) is 0 Å². The van der Waals surface area contributed by atoms with E-state index in [0.29, 0.717) is 16.8 Å². The number of carbonyl (C=O) groups is 1. The summed E-state index contributed by atoms with van der Waals surface area (Å²) in [6.07, 6.45) is 0. The number of nitrogens with one attached hydrogen (secondary N) is 2. The van der Waals surface area contributed by atoms with Crippen LogP contribution in [0.5, 0.6) is 0 Å². The second kappa shape index (κ2) is 7.61. The zero-order valence-electron chi connectivity index (χ0n) is 15.1. The molecule has 136 valence electrons. The first-order valence-electron chi connectivity index (χ1n) is 8.06. The SMILES string of the molecule is Cc1c(NC(=S)NC(=O)c2ccc(C(C)(C)C)cc2)cccc1[N+](=O)[O-]. The summed E-state index contributed by atoms with van der Waals surface area (Å²) in [5, 5.41) is 16.5. The van der Waals surface area contributed by atoms with Gasteiger partial charge in [-0.3, -0.25) is 20.2 Å². The summed E-state index contributed by atoms with van der Waals surface area (Å²) in [5.41, 5.74) is 2.53. The Morgan fingerprint density at radius 3 is 2.27 bits per heavy atom. The lowest BCUT2D eigenvalue weighted by atomic mass is 9.87. The molecule has 2 N–H and O–H groups in total. The van der Waals surface area contributed by atoms with Crippen LogP contribution in [0.15, 0.2) is 42.5 Å². The highest BCUT2D eigenvalue weighted by Gasteiger charge is 2.16. The van der Waals surface area contributed by atoms with Crippen molar-refractivity contribution in [1.82, 2.24) is 5.32 Å². The Morgan fingerprint density at radius 1 is 1.12 bits per heavy atom. The van der Waals surface area contributed by atoms with Gasteiger partial charge in [0.2, 0.25) is 0 Å². The first-order valence-corrected chi connectivity index (χ1v) is 8.47. The van der Waals surface area contributed by atoms with Crippen molar-refractivity contribution >= 4 is 34.6 Å². The molecule has 0 saturated heterocycles. The lowest BCUT2D eigenvalue weighted by Crippen LogP contribution is -2.34. The topological polar surface area (TPSA) is 84.3 Å². The summed E-state index contributed by atoms with van der Waals surface area (Å²) in [6.45, 7) is 7.92. The first kappa shape index (κ1) is 19.5. The van der Waals surface area contributed by atoms with Crippen molar-refractivity contribution in [3.8, 4) is 0 Å². The second-order valence-electron chi connectivity index (χ2n) is 6.94. The summed E-state index contributed by atoms with van der Waals surface area (Å²) >= 11 is 5.15. The Labute approximate surface area is 157 Å². The lowest BCUT2D eigenvalue weighted by molar-refractivity contribution is -0.385. The Bertz CT molecular complexity index is 855. The van der Waals surface area contributed by atoms with E-state index < -0.39 is 4.92 Å². The van der Waals surface area contributed by atoms with Crippen LogP contribution in [0.3, 0.4) is 0 Å². The van der Waals surface area contributed by atoms with E-state index in [1.54, 1.807) is 31.2 Å². The van der Waals surface area contributed by atoms with Gasteiger partial charge in [0.1, 0.15) is 0 Å². The van der Waals surface area contributed by atoms with E-state index in [1.165, 1.54) is 6.07 Å². The zero-order chi connectivity index (χ0) is 19.5. The van der Waals surface area contributed by atoms with Gasteiger partial charge in [-0.2, -0.15) is 0 Å². The number of nitro benzene ring substituents is 1. The summed E-state index contributed by atoms with van der Waals surface area (Å²) in [5.74, 6) is -0.342. The van der Waals surface area contributed by atoms with Gasteiger partial charge in [0.05, 0.1) is 16.2 Å². The largest absolute Gasteiger partial charge is 0.332 e. The molecule has 0 atom stereocenters. The third-order valence-corrected chi connectivity index (χ3v) is 4.19. The molecule has 2 aromatic carbocycles. The van der Waals surface area contributed by atoms with Crippen LogP contribution in [0.4, 0.5) is 11.4 Å². The minimum atomic E-state index is -0.459. The highest BCUT2D eigenvalue weighted by Crippen LogP contribution is 2.25. The summed E-state index contributed by atoms with van der Waals surface area (Å²) in [7, 11) is 0. The monoisotopic (exact) mass is 371 g/mol. The number of hydrogen-bond donors (Lipinski definition) is 2. The molecule has 0 saturated carbocycles. The predicted molar refractivity (Wildman–Crippen MR) is 107 cm³/mol. The maximum Gasteiger partial charge on any atom is 0.274 e. The molecule has 0 unspecified atom stereocenters. The van der Waals surface area contributed by atoms with Crippen LogP contribution >= 0.6 is 12.2 Å². The molecule has 0 radical (unpaired) electrons. The molecule has 0 fully saturated rings. The van der Waals surface area contributed by atoms with E-state index >= 15 is 0 Å². The molecule has 0 spiro atoms. The number of hydrogen-bond acceptors (Lipinski definition) is 4. The van der Waals surface area contributed by atoms with E-state index in [4.69, 9.17) is 12.2 Å². The summed E-state index contributed by atoms with van der Waals surface area (Å²) in [6, 6.07) is 12.0. The number of benzene rings is 2. The zero-order valence-corrected chi connectivity index (χ0v) is 15.9. The molecule has 1 amide bonds. The molecule has 7 heteroatoms. The molecule has 0 aliphatic rings. The number of nitrogens with zero attached hydrogens (tertiary/aromatic N) is 1. The van der Waals surface area contributed by atoms with Gasteiger partial charge in [0, 0.05) is 11.6 Å². The molecule has 0 aromatic heterocycles. The molecule has 2 rings (SSSR count). The van der Waals surface area contributed by atoms with Crippen LogP contribution in [0.1, 0.15) is 42.3 Å². The molecular formula is C19H21N3O3S. The van der Waals surface area contributed by atoms with Crippen LogP contribution in [-0.4, -0.2) is 15.9 Å². The van der Waals surface area contributed by atoms with Crippen LogP contribution in [0.25, 0.3) is 0 Å². The highest BCUT2D eigenvalue weighted by molar-refractivity contribution is 7.80. The fraction of sp³-hybridized carbons (Fsp3) is 0.263. The third kappa shape index (κ3) is 4.64. The maximum atomic E-state index is 12.3. The average molecular weight is 371 g/mol. The quantitative estimate of drug-likeness (QED) is 0.477. The number of amides is 1. The molecule has 6 nitrogen and oxygen atoms in total. The molecule has 2 aromatic rings. The van der Waals surface area contributed by atoms with Crippen molar-refractivity contribution in [3.63, 3.8) is 0 Å². The predicted octanol–water partition coefficient (Wildman–Crippen LogP) is 4.33. The number of rotatable bonds is 3. The van der Waals surface area contributed by atoms with Crippen molar-refractivity contribution in [2.45, 2.75) is 33.1 Å². The third-order valence-electron chi connectivity index (χ3n) is 3.99. The number of thiocarbonyl (C=S) groups is 1. The minimum absolute atomic E-state index is 0.00537. The van der Waals surface area contributed by atoms with Gasteiger partial charge in [-0.05, 0) is 48.3 Å². The van der Waals surface area contributed by atoms with Crippen molar-refractivity contribution in [3.05, 3.63) is 69.3 Å². The van der Waals surface area contributed by atoms with E-state index in [-0.39, 0.29) is 22.1 Å². The standard InChI is InChI=1S/C19H21N3O3S/c1-12-15(6-5-7-16(12)22(24)25)20-18(26)21-17(23)13-8-10-14(11-9-13)19(2,3)4/h5-11H,1-4H3,(H2,20,21,23,26). The summed E-state index contributed by atoms with van der Waals surface area (Å²) in [4.78, 5) is 22.9. The van der Waals surface area contributed by atoms with Gasteiger partial charge in [0.15, 0.2) is 5.11 Å². The van der Waals surface area contributed by atoms with Crippen LogP contribution < -0.4 is 10.6 Å². The van der Waals surface area contributed by atoms with Gasteiger partial charge in [0.25, 0.3) is 11.6 Å². The van der Waals surface area contributed by atoms with Crippen LogP contribution in [-0.2, 0) is 5.41 Å². The van der Waals surface area contributed by atoms with Crippen molar-refractivity contribution < 1.29 is 9.72 Å². The fourth-order valence-corrected chi connectivity index (χ4v) is 2.61. The summed E-state index contributed by atoms with van der Waals surface area (Å²) < 4.78 is 0. The van der Waals surface area contributed by atoms with Gasteiger partial charge >= 0.3 is 0 Å². The van der Waals surface area contributed by atoms with Gasteiger partial charge < -0.3 is 5.32 Å². The smallest absolute Gasteiger partial charge is 0.274 e. The number of carbonyl (C=O) groups excluding carboxylic acids is 1. The Morgan fingerprint density at radius 2 is 1.73 bits per heavy atom. The molecule has 0 aliphatic heterocycles. The van der Waals surface area contributed by atoms with Gasteiger partial charge in [-0.25, -0.2) is 0 Å². The van der Waals surface area contributed by atoms with E-state index in [9.17, 15) is 14.9 Å². The Hall–Kier alpha value is -2.80. The van der Waals surface area contributed by atoms with Crippen molar-refractivity contribution in [2.75, 3.05) is 5.32 Å². The lowest BCUT2D eigenvalue weighted by Gasteiger charge is -2.19. The maximum absolute atomic E-state index is 12.3. The van der Waals surface area contributed by atoms with Gasteiger partial charge in [-0.1, -0.05) is 39.0 Å². The van der Waals surface area contributed by atoms with E-state index in [2.05, 4.69) is 31.4 Å². The molecule has 0 bridgehead atoms. The Kier molecular flexibility index (Phi) is 5.72. The van der Waals surface area contributed by atoms with Crippen LogP contribution in [0, 0.1) is 17.0 Å². The average Bonchev–Trinajstić information content (AvgIpc) is 2.55. The molecular weight excluding hydrogens is 350 g/mol. The molecule has 0 aliphatic carbocycles. The first-order chi connectivity index (χ1) is 12.1. The Balaban J connectivity index is 2.07. The van der Waals surface area contributed by atoms with Gasteiger partial charge in [-0.15, -0.1) is 0 Å². The van der Waals surface area contributed by atoms with E-state index in [0.717, 1.165) is 5.56 Å². The molecule has 0 heterocycles. The van der Waals surface area contributed by atoms with Crippen molar-refractivity contribution in [1.29, 1.82) is 0 Å². The number of anilines is 1. The molecule has 26 heavy (non-hydrogen) atoms. The number of nitro groups is 1. The normalized spacial score (nSPS) is 10.9. The fourth-order valence-electron chi connectivity index (χ4n) is 2.41. The second-order valence-corrected chi connectivity index (χ2v) is 7.35. The van der Waals surface area contributed by atoms with E-state index in [1.807, 2.05) is 12.1 Å². The van der Waals surface area contributed by atoms with Crippen LogP contribution in [0.2, 0.25) is 0 Å². The minimum Gasteiger partial charge on any atom is -0.332 e.